The molecule has 38 heavy (non-hydrogen) atoms. The van der Waals surface area contributed by atoms with Crippen LogP contribution >= 0.6 is 0 Å². The molecule has 0 aromatic heterocycles. The van der Waals surface area contributed by atoms with Crippen molar-refractivity contribution in [1.82, 2.24) is 10.2 Å². The van der Waals surface area contributed by atoms with Gasteiger partial charge >= 0.3 is 5.97 Å². The van der Waals surface area contributed by atoms with E-state index in [1.807, 2.05) is 72.8 Å². The lowest BCUT2D eigenvalue weighted by Gasteiger charge is -2.26. The number of benzene rings is 2. The summed E-state index contributed by atoms with van der Waals surface area (Å²) < 4.78 is 11.2. The highest BCUT2D eigenvalue weighted by atomic mass is 16.5. The molecule has 2 unspecified atom stereocenters. The Bertz CT molecular complexity index is 1030. The second-order valence-electron chi connectivity index (χ2n) is 9.41. The molecule has 0 fully saturated rings. The maximum Gasteiger partial charge on any atom is 0.305 e. The van der Waals surface area contributed by atoms with Crippen LogP contribution in [0.15, 0.2) is 72.8 Å². The molecule has 2 aromatic rings. The molecular formula is C30H38N2O6. The van der Waals surface area contributed by atoms with Crippen LogP contribution in [0.3, 0.4) is 0 Å². The number of ether oxygens (including phenoxy) is 2. The van der Waals surface area contributed by atoms with E-state index in [1.54, 1.807) is 4.90 Å². The van der Waals surface area contributed by atoms with Gasteiger partial charge in [-0.05, 0) is 30.4 Å². The molecule has 2 aromatic carbocycles. The zero-order valence-corrected chi connectivity index (χ0v) is 21.8. The van der Waals surface area contributed by atoms with E-state index in [4.69, 9.17) is 9.47 Å². The number of allylic oxidation sites excluding steroid dienone is 2. The van der Waals surface area contributed by atoms with Crippen molar-refractivity contribution in [1.29, 1.82) is 0 Å². The van der Waals surface area contributed by atoms with E-state index in [9.17, 15) is 19.5 Å². The fourth-order valence-electron chi connectivity index (χ4n) is 4.19. The molecule has 2 amide bonds. The molecule has 0 spiro atoms. The zero-order chi connectivity index (χ0) is 27.0. The van der Waals surface area contributed by atoms with Crippen LogP contribution in [-0.2, 0) is 37.0 Å². The lowest BCUT2D eigenvalue weighted by molar-refractivity contribution is -0.146. The number of nitrogens with zero attached hydrogens (tertiary/aromatic N) is 1. The van der Waals surface area contributed by atoms with Crippen LogP contribution in [0.2, 0.25) is 0 Å². The molecule has 0 radical (unpaired) electrons. The minimum Gasteiger partial charge on any atom is -0.463 e. The highest BCUT2D eigenvalue weighted by Gasteiger charge is 2.27. The number of carbonyl (C=O) groups is 3. The van der Waals surface area contributed by atoms with E-state index in [-0.39, 0.29) is 50.6 Å². The Morgan fingerprint density at radius 2 is 1.74 bits per heavy atom. The monoisotopic (exact) mass is 522 g/mol. The van der Waals surface area contributed by atoms with E-state index in [1.165, 1.54) is 0 Å². The summed E-state index contributed by atoms with van der Waals surface area (Å²) in [4.78, 5) is 40.3. The quantitative estimate of drug-likeness (QED) is 0.366. The first-order valence-electron chi connectivity index (χ1n) is 13.2. The number of nitrogens with one attached hydrogen (secondary N) is 1. The second-order valence-corrected chi connectivity index (χ2v) is 9.41. The van der Waals surface area contributed by atoms with Gasteiger partial charge in [-0.1, -0.05) is 72.8 Å². The SMILES string of the molecule is O=C1CCCC=CCC(CC(=O)N(CCO)Cc2ccccc2)C(=O)NC(COCc2ccccc2)CO1. The fourth-order valence-corrected chi connectivity index (χ4v) is 4.19. The molecule has 2 N–H and O–H groups in total. The minimum absolute atomic E-state index is 0.000384. The third kappa shape index (κ3) is 10.5. The molecule has 0 saturated carbocycles. The van der Waals surface area contributed by atoms with Crippen LogP contribution in [0.1, 0.15) is 43.2 Å². The standard InChI is InChI=1S/C30H38N2O6/c33-18-17-32(20-24-11-5-3-6-12-24)28(34)19-26-15-9-1-2-10-16-29(35)38-23-27(31-30(26)36)22-37-21-25-13-7-4-8-14-25/h1,3-9,11-14,26-27,33H,2,10,15-23H2,(H,31,36). The van der Waals surface area contributed by atoms with Gasteiger partial charge in [-0.3, -0.25) is 14.4 Å². The van der Waals surface area contributed by atoms with Gasteiger partial charge in [0, 0.05) is 25.9 Å². The molecule has 1 heterocycles. The number of cyclic esters (lactones) is 1. The number of hydrogen-bond donors (Lipinski definition) is 2. The summed E-state index contributed by atoms with van der Waals surface area (Å²) in [6.07, 6.45) is 5.86. The highest BCUT2D eigenvalue weighted by molar-refractivity contribution is 5.86. The summed E-state index contributed by atoms with van der Waals surface area (Å²) in [7, 11) is 0. The van der Waals surface area contributed by atoms with E-state index in [0.717, 1.165) is 11.1 Å². The third-order valence-electron chi connectivity index (χ3n) is 6.29. The van der Waals surface area contributed by atoms with Crippen molar-refractivity contribution in [3.63, 3.8) is 0 Å². The molecule has 2 atom stereocenters. The fraction of sp³-hybridized carbons (Fsp3) is 0.433. The largest absolute Gasteiger partial charge is 0.463 e. The summed E-state index contributed by atoms with van der Waals surface area (Å²) >= 11 is 0. The van der Waals surface area contributed by atoms with Crippen LogP contribution in [-0.4, -0.2) is 60.2 Å². The normalized spacial score (nSPS) is 18.9. The molecule has 8 heteroatoms. The molecule has 0 saturated heterocycles. The summed E-state index contributed by atoms with van der Waals surface area (Å²) in [6, 6.07) is 18.7. The predicted molar refractivity (Wildman–Crippen MR) is 144 cm³/mol. The topological polar surface area (TPSA) is 105 Å². The maximum absolute atomic E-state index is 13.4. The molecule has 0 aliphatic carbocycles. The molecular weight excluding hydrogens is 484 g/mol. The molecule has 204 valence electrons. The summed E-state index contributed by atoms with van der Waals surface area (Å²) in [5.41, 5.74) is 1.95. The van der Waals surface area contributed by atoms with Crippen molar-refractivity contribution in [3.8, 4) is 0 Å². The third-order valence-corrected chi connectivity index (χ3v) is 6.29. The number of amides is 2. The predicted octanol–water partition coefficient (Wildman–Crippen LogP) is 3.39. The lowest BCUT2D eigenvalue weighted by atomic mass is 9.98. The van der Waals surface area contributed by atoms with Crippen LogP contribution in [0.4, 0.5) is 0 Å². The Balaban J connectivity index is 1.67. The first-order valence-corrected chi connectivity index (χ1v) is 13.2. The van der Waals surface area contributed by atoms with Crippen molar-refractivity contribution in [2.24, 2.45) is 5.92 Å². The maximum atomic E-state index is 13.4. The molecule has 8 nitrogen and oxygen atoms in total. The van der Waals surface area contributed by atoms with Crippen LogP contribution in [0.5, 0.6) is 0 Å². The Labute approximate surface area is 224 Å². The second kappa shape index (κ2) is 16.4. The number of esters is 1. The first-order chi connectivity index (χ1) is 18.5. The lowest BCUT2D eigenvalue weighted by Crippen LogP contribution is -2.46. The van der Waals surface area contributed by atoms with Gasteiger partial charge in [-0.2, -0.15) is 0 Å². The Kier molecular flexibility index (Phi) is 12.5. The van der Waals surface area contributed by atoms with Crippen LogP contribution in [0, 0.1) is 5.92 Å². The van der Waals surface area contributed by atoms with Crippen LogP contribution < -0.4 is 5.32 Å². The average Bonchev–Trinajstić information content (AvgIpc) is 2.94. The van der Waals surface area contributed by atoms with Gasteiger partial charge in [0.2, 0.25) is 11.8 Å². The molecule has 1 aliphatic rings. The van der Waals surface area contributed by atoms with Gasteiger partial charge in [0.05, 0.1) is 31.8 Å². The van der Waals surface area contributed by atoms with E-state index in [2.05, 4.69) is 5.32 Å². The minimum atomic E-state index is -0.608. The van der Waals surface area contributed by atoms with Gasteiger partial charge in [-0.15, -0.1) is 0 Å². The Morgan fingerprint density at radius 1 is 1.03 bits per heavy atom. The zero-order valence-electron chi connectivity index (χ0n) is 21.8. The van der Waals surface area contributed by atoms with Crippen molar-refractivity contribution < 1.29 is 29.0 Å². The Morgan fingerprint density at radius 3 is 2.45 bits per heavy atom. The summed E-state index contributed by atoms with van der Waals surface area (Å²) in [6.45, 7) is 0.899. The van der Waals surface area contributed by atoms with Gasteiger partial charge in [0.15, 0.2) is 0 Å². The first kappa shape index (κ1) is 29.1. The average molecular weight is 523 g/mol. The van der Waals surface area contributed by atoms with Gasteiger partial charge in [-0.25, -0.2) is 0 Å². The number of hydrogen-bond acceptors (Lipinski definition) is 6. The van der Waals surface area contributed by atoms with Gasteiger partial charge in [0.25, 0.3) is 0 Å². The van der Waals surface area contributed by atoms with Gasteiger partial charge < -0.3 is 24.8 Å². The number of aliphatic hydroxyl groups is 1. The Hall–Kier alpha value is -3.49. The number of rotatable bonds is 10. The van der Waals surface area contributed by atoms with E-state index in [0.29, 0.717) is 38.8 Å². The molecule has 1 aliphatic heterocycles. The summed E-state index contributed by atoms with van der Waals surface area (Å²) in [5, 5.41) is 12.5. The number of aliphatic hydroxyl groups excluding tert-OH is 1. The van der Waals surface area contributed by atoms with Gasteiger partial charge in [0.1, 0.15) is 6.61 Å². The highest BCUT2D eigenvalue weighted by Crippen LogP contribution is 2.16. The number of carbonyl (C=O) groups excluding carboxylic acids is 3. The van der Waals surface area contributed by atoms with Crippen molar-refractivity contribution in [2.45, 2.75) is 51.3 Å². The van der Waals surface area contributed by atoms with Crippen molar-refractivity contribution in [2.75, 3.05) is 26.4 Å². The van der Waals surface area contributed by atoms with Crippen molar-refractivity contribution in [3.05, 3.63) is 83.9 Å². The molecule has 0 bridgehead atoms. The van der Waals surface area contributed by atoms with Crippen molar-refractivity contribution >= 4 is 17.8 Å². The summed E-state index contributed by atoms with van der Waals surface area (Å²) in [5.74, 6) is -1.42. The van der Waals surface area contributed by atoms with Crippen LogP contribution in [0.25, 0.3) is 0 Å². The molecule has 3 rings (SSSR count). The smallest absolute Gasteiger partial charge is 0.305 e. The van der Waals surface area contributed by atoms with E-state index >= 15 is 0 Å². The van der Waals surface area contributed by atoms with E-state index < -0.39 is 12.0 Å².